The Morgan fingerprint density at radius 3 is 2.42 bits per heavy atom. The Morgan fingerprint density at radius 1 is 1.26 bits per heavy atom. The van der Waals surface area contributed by atoms with E-state index in [1.165, 1.54) is 47.4 Å². The second-order valence-electron chi connectivity index (χ2n) is 6.87. The van der Waals surface area contributed by atoms with Gasteiger partial charge in [0.1, 0.15) is 11.2 Å². The molecule has 1 aliphatic heterocycles. The molecule has 0 aliphatic carbocycles. The zero-order valence-electron chi connectivity index (χ0n) is 16.2. The number of benzene rings is 2. The van der Waals surface area contributed by atoms with E-state index in [-0.39, 0.29) is 23.0 Å². The topological polar surface area (TPSA) is 76.8 Å². The van der Waals surface area contributed by atoms with E-state index in [0.29, 0.717) is 5.56 Å². The van der Waals surface area contributed by atoms with Crippen molar-refractivity contribution in [3.05, 3.63) is 76.7 Å². The van der Waals surface area contributed by atoms with Crippen LogP contribution in [-0.4, -0.2) is 22.5 Å². The fraction of sp³-hybridized carbons (Fsp3) is 0.190. The van der Waals surface area contributed by atoms with Crippen molar-refractivity contribution in [1.29, 1.82) is 5.26 Å². The summed E-state index contributed by atoms with van der Waals surface area (Å²) >= 11 is 5.45. The first-order valence-corrected chi connectivity index (χ1v) is 9.32. The molecule has 0 radical (unpaired) electrons. The van der Waals surface area contributed by atoms with Crippen LogP contribution >= 0.6 is 12.2 Å². The molecule has 158 valence electrons. The van der Waals surface area contributed by atoms with E-state index < -0.39 is 28.7 Å². The molecule has 0 bridgehead atoms. The Morgan fingerprint density at radius 2 is 1.90 bits per heavy atom. The molecular formula is C21H15F3N4O2S. The van der Waals surface area contributed by atoms with Gasteiger partial charge in [0.15, 0.2) is 5.11 Å². The monoisotopic (exact) mass is 444 g/mol. The lowest BCUT2D eigenvalue weighted by molar-refractivity contribution is -0.137. The van der Waals surface area contributed by atoms with Gasteiger partial charge in [-0.1, -0.05) is 18.2 Å². The van der Waals surface area contributed by atoms with Crippen LogP contribution in [0.2, 0.25) is 0 Å². The van der Waals surface area contributed by atoms with E-state index in [2.05, 4.69) is 11.8 Å². The predicted molar refractivity (Wildman–Crippen MR) is 112 cm³/mol. The van der Waals surface area contributed by atoms with Gasteiger partial charge in [-0.25, -0.2) is 0 Å². The number of carbonyl (C=O) groups excluding carboxylic acids is 1. The summed E-state index contributed by atoms with van der Waals surface area (Å²) in [6.07, 6.45) is -3.27. The molecule has 1 fully saturated rings. The lowest BCUT2D eigenvalue weighted by Crippen LogP contribution is -2.44. The van der Waals surface area contributed by atoms with Crippen LogP contribution in [-0.2, 0) is 16.5 Å². The van der Waals surface area contributed by atoms with Crippen molar-refractivity contribution in [2.45, 2.75) is 18.6 Å². The number of rotatable bonds is 5. The van der Waals surface area contributed by atoms with Crippen LogP contribution in [0.4, 0.5) is 24.5 Å². The Kier molecular flexibility index (Phi) is 5.65. The second kappa shape index (κ2) is 7.92. The van der Waals surface area contributed by atoms with Gasteiger partial charge < -0.3 is 4.90 Å². The molecule has 0 aromatic heterocycles. The second-order valence-corrected chi connectivity index (χ2v) is 7.24. The molecule has 0 saturated carbocycles. The molecule has 1 amide bonds. The Hall–Kier alpha value is -3.58. The molecular weight excluding hydrogens is 429 g/mol. The maximum absolute atomic E-state index is 13.5. The smallest absolute Gasteiger partial charge is 0.326 e. The first kappa shape index (κ1) is 22.1. The lowest BCUT2D eigenvalue weighted by atomic mass is 9.90. The Labute approximate surface area is 181 Å². The molecule has 6 nitrogen and oxygen atoms in total. The van der Waals surface area contributed by atoms with Gasteiger partial charge in [0.05, 0.1) is 22.9 Å². The molecule has 10 heteroatoms. The number of nitrogens with zero attached hydrogens (tertiary/aromatic N) is 4. The number of nitroso groups, excluding NO2 is 1. The zero-order valence-corrected chi connectivity index (χ0v) is 17.0. The van der Waals surface area contributed by atoms with Gasteiger partial charge in [-0.05, 0) is 60.2 Å². The summed E-state index contributed by atoms with van der Waals surface area (Å²) in [7, 11) is 0. The third-order valence-corrected chi connectivity index (χ3v) is 5.52. The van der Waals surface area contributed by atoms with Crippen molar-refractivity contribution < 1.29 is 18.0 Å². The number of halogens is 3. The van der Waals surface area contributed by atoms with Crippen LogP contribution in [0.1, 0.15) is 23.6 Å². The zero-order chi connectivity index (χ0) is 23.0. The molecule has 1 saturated heterocycles. The van der Waals surface area contributed by atoms with Gasteiger partial charge in [-0.2, -0.15) is 18.4 Å². The minimum Gasteiger partial charge on any atom is -0.326 e. The van der Waals surface area contributed by atoms with E-state index in [4.69, 9.17) is 17.5 Å². The molecule has 0 N–H and O–H groups in total. The summed E-state index contributed by atoms with van der Waals surface area (Å²) in [5, 5.41) is 11.8. The van der Waals surface area contributed by atoms with Crippen LogP contribution in [0.5, 0.6) is 0 Å². The normalized spacial score (nSPS) is 18.8. The molecule has 2 aromatic rings. The minimum absolute atomic E-state index is 0.0113. The molecule has 1 unspecified atom stereocenters. The van der Waals surface area contributed by atoms with Crippen LogP contribution in [0.15, 0.2) is 60.3 Å². The summed E-state index contributed by atoms with van der Waals surface area (Å²) in [5.74, 6) is -0.580. The van der Waals surface area contributed by atoms with Crippen molar-refractivity contribution in [2.75, 3.05) is 11.4 Å². The Balaban J connectivity index is 2.16. The number of nitriles is 1. The van der Waals surface area contributed by atoms with Gasteiger partial charge in [-0.3, -0.25) is 9.69 Å². The summed E-state index contributed by atoms with van der Waals surface area (Å²) in [6, 6.07) is 10.4. The SMILES string of the molecule is C=CCN1C(=S)N(c2ccc(C#N)c(C(F)(F)F)c2)C(=O)C1(C)c1ccc(N=O)cc1. The number of hydrogen-bond donors (Lipinski definition) is 0. The number of amides is 1. The molecule has 0 spiro atoms. The summed E-state index contributed by atoms with van der Waals surface area (Å²) in [5.41, 5.74) is -2.55. The quantitative estimate of drug-likeness (QED) is 0.368. The van der Waals surface area contributed by atoms with E-state index in [1.54, 1.807) is 6.92 Å². The van der Waals surface area contributed by atoms with Gasteiger partial charge in [0.25, 0.3) is 5.91 Å². The summed E-state index contributed by atoms with van der Waals surface area (Å²) in [6.45, 7) is 5.40. The van der Waals surface area contributed by atoms with E-state index in [0.717, 1.165) is 17.0 Å². The Bertz CT molecular complexity index is 1120. The maximum atomic E-state index is 13.5. The van der Waals surface area contributed by atoms with E-state index >= 15 is 0 Å². The fourth-order valence-corrected chi connectivity index (χ4v) is 3.92. The van der Waals surface area contributed by atoms with E-state index in [9.17, 15) is 22.9 Å². The van der Waals surface area contributed by atoms with Gasteiger partial charge in [-0.15, -0.1) is 11.5 Å². The standard InChI is InChI=1S/C21H15F3N4O2S/c1-3-10-27-19(31)28(16-9-4-13(12-25)17(11-16)21(22,23)24)18(29)20(27,2)14-5-7-15(26-30)8-6-14/h3-9,11H,1,10H2,2H3. The maximum Gasteiger partial charge on any atom is 0.417 e. The highest BCUT2D eigenvalue weighted by atomic mass is 32.1. The number of hydrogen-bond acceptors (Lipinski definition) is 5. The van der Waals surface area contributed by atoms with Crippen molar-refractivity contribution in [2.24, 2.45) is 5.18 Å². The highest BCUT2D eigenvalue weighted by molar-refractivity contribution is 7.80. The molecule has 2 aromatic carbocycles. The molecule has 1 heterocycles. The van der Waals surface area contributed by atoms with Crippen LogP contribution in [0.3, 0.4) is 0 Å². The molecule has 31 heavy (non-hydrogen) atoms. The summed E-state index contributed by atoms with van der Waals surface area (Å²) in [4.78, 5) is 26.8. The lowest BCUT2D eigenvalue weighted by Gasteiger charge is -2.32. The average Bonchev–Trinajstić information content (AvgIpc) is 2.94. The van der Waals surface area contributed by atoms with Crippen molar-refractivity contribution in [3.63, 3.8) is 0 Å². The van der Waals surface area contributed by atoms with Crippen LogP contribution in [0.25, 0.3) is 0 Å². The van der Waals surface area contributed by atoms with Gasteiger partial charge in [0.2, 0.25) is 0 Å². The highest BCUT2D eigenvalue weighted by Crippen LogP contribution is 2.42. The number of thiocarbonyl (C=S) groups is 1. The first-order chi connectivity index (χ1) is 14.6. The van der Waals surface area contributed by atoms with Gasteiger partial charge in [0, 0.05) is 6.54 Å². The number of anilines is 1. The van der Waals surface area contributed by atoms with Gasteiger partial charge >= 0.3 is 6.18 Å². The fourth-order valence-electron chi connectivity index (χ4n) is 3.48. The summed E-state index contributed by atoms with van der Waals surface area (Å²) < 4.78 is 40.3. The molecule has 3 rings (SSSR count). The van der Waals surface area contributed by atoms with Crippen molar-refractivity contribution >= 4 is 34.6 Å². The van der Waals surface area contributed by atoms with Crippen LogP contribution < -0.4 is 4.90 Å². The third-order valence-electron chi connectivity index (χ3n) is 5.12. The highest BCUT2D eigenvalue weighted by Gasteiger charge is 2.53. The third kappa shape index (κ3) is 3.57. The van der Waals surface area contributed by atoms with E-state index in [1.807, 2.05) is 0 Å². The number of alkyl halides is 3. The minimum atomic E-state index is -4.78. The largest absolute Gasteiger partial charge is 0.417 e. The molecule has 1 aliphatic rings. The van der Waals surface area contributed by atoms with Crippen LogP contribution in [0, 0.1) is 16.2 Å². The predicted octanol–water partition coefficient (Wildman–Crippen LogP) is 5.01. The van der Waals surface area contributed by atoms with Crippen molar-refractivity contribution in [1.82, 2.24) is 4.90 Å². The number of carbonyl (C=O) groups is 1. The van der Waals surface area contributed by atoms with Crippen molar-refractivity contribution in [3.8, 4) is 6.07 Å². The molecule has 1 atom stereocenters. The first-order valence-electron chi connectivity index (χ1n) is 8.92. The average molecular weight is 444 g/mol.